The molecule has 1 N–H and O–H groups in total. The Kier molecular flexibility index (Phi) is 7.71. The number of ether oxygens (including phenoxy) is 1. The molecule has 11 heteroatoms. The van der Waals surface area contributed by atoms with Gasteiger partial charge in [-0.1, -0.05) is 29.8 Å². The van der Waals surface area contributed by atoms with Gasteiger partial charge in [-0.05, 0) is 13.0 Å². The summed E-state index contributed by atoms with van der Waals surface area (Å²) in [4.78, 5) is 27.0. The molecule has 3 rings (SSSR count). The summed E-state index contributed by atoms with van der Waals surface area (Å²) in [6, 6.07) is 7.14. The Labute approximate surface area is 190 Å². The summed E-state index contributed by atoms with van der Waals surface area (Å²) in [6.07, 6.45) is 0. The summed E-state index contributed by atoms with van der Waals surface area (Å²) in [6.45, 7) is 3.35. The van der Waals surface area contributed by atoms with Crippen LogP contribution in [0.3, 0.4) is 0 Å². The van der Waals surface area contributed by atoms with Gasteiger partial charge in [0.2, 0.25) is 15.9 Å². The van der Waals surface area contributed by atoms with Crippen LogP contribution in [0.5, 0.6) is 0 Å². The number of carbonyl (C=O) groups is 2. The molecular weight excluding hydrogens is 462 g/mol. The van der Waals surface area contributed by atoms with Crippen LogP contribution in [0.25, 0.3) is 11.1 Å². The number of nitrogens with zero attached hydrogens (tertiary/aromatic N) is 2. The zero-order chi connectivity index (χ0) is 22.6. The largest absolute Gasteiger partial charge is 0.465 e. The lowest BCUT2D eigenvalue weighted by Crippen LogP contribution is -2.50. The molecule has 1 aliphatic heterocycles. The lowest BCUT2D eigenvalue weighted by atomic mass is 10.0. The Hall–Kier alpha value is -1.98. The smallest absolute Gasteiger partial charge is 0.341 e. The van der Waals surface area contributed by atoms with Crippen molar-refractivity contribution in [1.82, 2.24) is 9.21 Å². The highest BCUT2D eigenvalue weighted by atomic mass is 35.5. The van der Waals surface area contributed by atoms with Gasteiger partial charge in [-0.15, -0.1) is 11.3 Å². The van der Waals surface area contributed by atoms with Gasteiger partial charge in [-0.3, -0.25) is 9.69 Å². The molecule has 168 valence electrons. The van der Waals surface area contributed by atoms with Gasteiger partial charge < -0.3 is 10.1 Å². The van der Waals surface area contributed by atoms with Crippen LogP contribution in [0.1, 0.15) is 17.3 Å². The molecule has 0 atom stereocenters. The Balaban J connectivity index is 1.71. The summed E-state index contributed by atoms with van der Waals surface area (Å²) in [5.41, 5.74) is 1.53. The van der Waals surface area contributed by atoms with E-state index in [1.807, 2.05) is 11.0 Å². The Morgan fingerprint density at radius 2 is 1.84 bits per heavy atom. The van der Waals surface area contributed by atoms with Crippen molar-refractivity contribution >= 4 is 49.8 Å². The molecule has 1 aromatic heterocycles. The lowest BCUT2D eigenvalue weighted by Gasteiger charge is -2.33. The number of halogens is 1. The number of methoxy groups -OCH3 is 1. The van der Waals surface area contributed by atoms with Crippen molar-refractivity contribution in [1.29, 1.82) is 0 Å². The van der Waals surface area contributed by atoms with Crippen molar-refractivity contribution in [3.05, 3.63) is 40.2 Å². The SMILES string of the molecule is CCS(=O)(=O)N1CCN(CC(=O)Nc2scc(-c3ccccc3Cl)c2C(=O)OC)CC1. The van der Waals surface area contributed by atoms with Crippen LogP contribution < -0.4 is 5.32 Å². The van der Waals surface area contributed by atoms with Gasteiger partial charge in [-0.25, -0.2) is 13.2 Å². The van der Waals surface area contributed by atoms with E-state index in [1.54, 1.807) is 30.5 Å². The van der Waals surface area contributed by atoms with Crippen LogP contribution in [-0.2, 0) is 19.6 Å². The number of anilines is 1. The number of nitrogens with one attached hydrogen (secondary N) is 1. The highest BCUT2D eigenvalue weighted by Gasteiger charge is 2.27. The first kappa shape index (κ1) is 23.7. The summed E-state index contributed by atoms with van der Waals surface area (Å²) >= 11 is 7.51. The molecule has 1 amide bonds. The Morgan fingerprint density at radius 3 is 2.45 bits per heavy atom. The van der Waals surface area contributed by atoms with E-state index in [1.165, 1.54) is 22.8 Å². The molecule has 1 aromatic carbocycles. The zero-order valence-corrected chi connectivity index (χ0v) is 19.6. The maximum atomic E-state index is 12.6. The topological polar surface area (TPSA) is 96.0 Å². The first-order valence-electron chi connectivity index (χ1n) is 9.71. The number of esters is 1. The molecule has 0 bridgehead atoms. The zero-order valence-electron chi connectivity index (χ0n) is 17.3. The number of benzene rings is 1. The fourth-order valence-electron chi connectivity index (χ4n) is 3.35. The standard InChI is InChI=1S/C20H24ClN3O5S2/c1-3-31(27,28)24-10-8-23(9-11-24)12-17(25)22-19-18(20(26)29-2)15(13-30-19)14-6-4-5-7-16(14)21/h4-7,13H,3,8-12H2,1-2H3,(H,22,25). The second kappa shape index (κ2) is 10.1. The quantitative estimate of drug-likeness (QED) is 0.606. The molecule has 31 heavy (non-hydrogen) atoms. The Morgan fingerprint density at radius 1 is 1.16 bits per heavy atom. The minimum atomic E-state index is -3.22. The average Bonchev–Trinajstić information content (AvgIpc) is 3.16. The average molecular weight is 486 g/mol. The Bertz CT molecular complexity index is 1060. The van der Waals surface area contributed by atoms with Crippen LogP contribution >= 0.6 is 22.9 Å². The summed E-state index contributed by atoms with van der Waals surface area (Å²) in [5, 5.41) is 5.44. The van der Waals surface area contributed by atoms with Gasteiger partial charge in [0.1, 0.15) is 10.6 Å². The summed E-state index contributed by atoms with van der Waals surface area (Å²) in [7, 11) is -1.94. The molecular formula is C20H24ClN3O5S2. The minimum Gasteiger partial charge on any atom is -0.465 e. The third kappa shape index (κ3) is 5.45. The van der Waals surface area contributed by atoms with Gasteiger partial charge in [-0.2, -0.15) is 4.31 Å². The van der Waals surface area contributed by atoms with Crippen LogP contribution in [0.4, 0.5) is 5.00 Å². The third-order valence-corrected chi connectivity index (χ3v) is 8.16. The van der Waals surface area contributed by atoms with Crippen LogP contribution in [-0.4, -0.2) is 75.1 Å². The molecule has 1 aliphatic rings. The van der Waals surface area contributed by atoms with Gasteiger partial charge in [0.25, 0.3) is 0 Å². The van der Waals surface area contributed by atoms with E-state index >= 15 is 0 Å². The molecule has 2 heterocycles. The normalized spacial score (nSPS) is 15.6. The number of piperazine rings is 1. The molecule has 0 radical (unpaired) electrons. The van der Waals surface area contributed by atoms with Gasteiger partial charge in [0.05, 0.1) is 19.4 Å². The van der Waals surface area contributed by atoms with E-state index in [9.17, 15) is 18.0 Å². The highest BCUT2D eigenvalue weighted by molar-refractivity contribution is 7.89. The van der Waals surface area contributed by atoms with E-state index in [2.05, 4.69) is 5.32 Å². The number of hydrogen-bond donors (Lipinski definition) is 1. The molecule has 2 aromatic rings. The van der Waals surface area contributed by atoms with Crippen LogP contribution in [0.2, 0.25) is 5.02 Å². The van der Waals surface area contributed by atoms with Crippen LogP contribution in [0.15, 0.2) is 29.6 Å². The maximum Gasteiger partial charge on any atom is 0.341 e. The second-order valence-corrected chi connectivity index (χ2v) is 10.5. The van der Waals surface area contributed by atoms with E-state index in [4.69, 9.17) is 16.3 Å². The second-order valence-electron chi connectivity index (χ2n) is 6.95. The van der Waals surface area contributed by atoms with Crippen molar-refractivity contribution in [2.24, 2.45) is 0 Å². The van der Waals surface area contributed by atoms with Crippen molar-refractivity contribution in [2.75, 3.05) is 50.9 Å². The van der Waals surface area contributed by atoms with Gasteiger partial charge in [0, 0.05) is 47.7 Å². The fraction of sp³-hybridized carbons (Fsp3) is 0.400. The lowest BCUT2D eigenvalue weighted by molar-refractivity contribution is -0.117. The van der Waals surface area contributed by atoms with E-state index in [0.29, 0.717) is 47.3 Å². The first-order chi connectivity index (χ1) is 14.8. The van der Waals surface area contributed by atoms with Crippen molar-refractivity contribution in [2.45, 2.75) is 6.92 Å². The van der Waals surface area contributed by atoms with Crippen LogP contribution in [0, 0.1) is 0 Å². The van der Waals surface area contributed by atoms with E-state index < -0.39 is 16.0 Å². The van der Waals surface area contributed by atoms with Crippen molar-refractivity contribution in [3.8, 4) is 11.1 Å². The summed E-state index contributed by atoms with van der Waals surface area (Å²) < 4.78 is 30.3. The number of rotatable bonds is 7. The molecule has 1 fully saturated rings. The van der Waals surface area contributed by atoms with Gasteiger partial charge >= 0.3 is 5.97 Å². The van der Waals surface area contributed by atoms with Gasteiger partial charge in [0.15, 0.2) is 0 Å². The first-order valence-corrected chi connectivity index (χ1v) is 12.6. The number of thiophene rings is 1. The highest BCUT2D eigenvalue weighted by Crippen LogP contribution is 2.39. The van der Waals surface area contributed by atoms with Crippen molar-refractivity contribution < 1.29 is 22.7 Å². The third-order valence-electron chi connectivity index (χ3n) is 5.05. The predicted octanol–water partition coefficient (Wildman–Crippen LogP) is 2.76. The predicted molar refractivity (Wildman–Crippen MR) is 122 cm³/mol. The minimum absolute atomic E-state index is 0.0654. The molecule has 0 saturated carbocycles. The number of carbonyl (C=O) groups excluding carboxylic acids is 2. The molecule has 8 nitrogen and oxygen atoms in total. The number of amides is 1. The monoisotopic (exact) mass is 485 g/mol. The van der Waals surface area contributed by atoms with E-state index in [-0.39, 0.29) is 23.8 Å². The number of hydrogen-bond acceptors (Lipinski definition) is 7. The molecule has 1 saturated heterocycles. The number of sulfonamides is 1. The van der Waals surface area contributed by atoms with E-state index in [0.717, 1.165) is 0 Å². The fourth-order valence-corrected chi connectivity index (χ4v) is 5.64. The molecule has 0 aliphatic carbocycles. The maximum absolute atomic E-state index is 12.6. The summed E-state index contributed by atoms with van der Waals surface area (Å²) in [5.74, 6) is -0.787. The molecule has 0 unspecified atom stereocenters. The van der Waals surface area contributed by atoms with Crippen molar-refractivity contribution in [3.63, 3.8) is 0 Å². The molecule has 0 spiro atoms.